The van der Waals surface area contributed by atoms with Gasteiger partial charge in [0.2, 0.25) is 0 Å². The second-order valence-electron chi connectivity index (χ2n) is 8.21. The van der Waals surface area contributed by atoms with Crippen LogP contribution in [0.3, 0.4) is 0 Å². The van der Waals surface area contributed by atoms with Crippen LogP contribution in [-0.2, 0) is 0 Å². The number of hydrogen-bond donors (Lipinski definition) is 2. The van der Waals surface area contributed by atoms with E-state index in [0.717, 1.165) is 21.6 Å². The summed E-state index contributed by atoms with van der Waals surface area (Å²) in [4.78, 5) is 26.7. The van der Waals surface area contributed by atoms with E-state index < -0.39 is 0 Å². The molecule has 2 heterocycles. The van der Waals surface area contributed by atoms with Crippen molar-refractivity contribution in [3.63, 3.8) is 0 Å². The fourth-order valence-electron chi connectivity index (χ4n) is 3.66. The Balaban J connectivity index is 1.36. The molecule has 2 aromatic heterocycles. The molecule has 2 aromatic carbocycles. The number of thiophene rings is 1. The van der Waals surface area contributed by atoms with Gasteiger partial charge in [0.1, 0.15) is 10.6 Å². The van der Waals surface area contributed by atoms with Crippen LogP contribution < -0.4 is 15.4 Å². The van der Waals surface area contributed by atoms with Crippen molar-refractivity contribution < 1.29 is 14.3 Å². The number of fused-ring (bicyclic) bond motifs is 1. The Bertz CT molecular complexity index is 1290. The molecule has 0 saturated carbocycles. The number of hydrogen-bond acceptors (Lipinski definition) is 5. The summed E-state index contributed by atoms with van der Waals surface area (Å²) >= 11 is 1.44. The third kappa shape index (κ3) is 5.12. The van der Waals surface area contributed by atoms with Crippen molar-refractivity contribution in [3.8, 4) is 11.4 Å². The first-order valence-electron chi connectivity index (χ1n) is 11.3. The minimum atomic E-state index is -0.165. The normalized spacial score (nSPS) is 11.1. The molecule has 2 amide bonds. The van der Waals surface area contributed by atoms with Crippen molar-refractivity contribution in [2.45, 2.75) is 26.2 Å². The zero-order valence-corrected chi connectivity index (χ0v) is 20.3. The van der Waals surface area contributed by atoms with Crippen LogP contribution in [0, 0.1) is 0 Å². The fourth-order valence-corrected chi connectivity index (χ4v) is 4.71. The highest BCUT2D eigenvalue weighted by molar-refractivity contribution is 7.20. The van der Waals surface area contributed by atoms with Crippen LogP contribution in [0.5, 0.6) is 5.75 Å². The number of carbonyl (C=O) groups excluding carboxylic acids is 2. The molecule has 4 rings (SSSR count). The topological polar surface area (TPSA) is 85.2 Å². The van der Waals surface area contributed by atoms with E-state index in [2.05, 4.69) is 24.5 Å². The number of ether oxygens (including phenoxy) is 1. The molecule has 0 aliphatic heterocycles. The highest BCUT2D eigenvalue weighted by atomic mass is 32.1. The molecule has 0 aliphatic rings. The van der Waals surface area contributed by atoms with Gasteiger partial charge in [-0.1, -0.05) is 38.1 Å². The molecular formula is C26H28N4O3S. The van der Waals surface area contributed by atoms with E-state index in [1.54, 1.807) is 31.4 Å². The van der Waals surface area contributed by atoms with Crippen molar-refractivity contribution in [2.24, 2.45) is 0 Å². The molecule has 2 N–H and O–H groups in total. The van der Waals surface area contributed by atoms with Crippen molar-refractivity contribution in [1.29, 1.82) is 0 Å². The van der Waals surface area contributed by atoms with E-state index in [0.29, 0.717) is 35.7 Å². The van der Waals surface area contributed by atoms with Gasteiger partial charge in [-0.3, -0.25) is 9.59 Å². The Labute approximate surface area is 202 Å². The summed E-state index contributed by atoms with van der Waals surface area (Å²) in [6, 6.07) is 18.9. The second-order valence-corrected chi connectivity index (χ2v) is 9.24. The maximum atomic E-state index is 12.8. The largest absolute Gasteiger partial charge is 0.497 e. The molecule has 0 spiro atoms. The van der Waals surface area contributed by atoms with Crippen LogP contribution in [0.2, 0.25) is 0 Å². The van der Waals surface area contributed by atoms with Crippen LogP contribution >= 0.6 is 11.3 Å². The average Bonchev–Trinajstić information content (AvgIpc) is 3.44. The molecule has 34 heavy (non-hydrogen) atoms. The van der Waals surface area contributed by atoms with Gasteiger partial charge in [0.15, 0.2) is 0 Å². The quantitative estimate of drug-likeness (QED) is 0.341. The molecular weight excluding hydrogens is 448 g/mol. The van der Waals surface area contributed by atoms with Crippen LogP contribution in [-0.4, -0.2) is 41.8 Å². The van der Waals surface area contributed by atoms with E-state index >= 15 is 0 Å². The lowest BCUT2D eigenvalue weighted by Crippen LogP contribution is -2.29. The summed E-state index contributed by atoms with van der Waals surface area (Å²) in [5, 5.41) is 11.7. The number of methoxy groups -OCH3 is 1. The number of rotatable bonds is 9. The number of benzene rings is 2. The minimum Gasteiger partial charge on any atom is -0.497 e. The lowest BCUT2D eigenvalue weighted by atomic mass is 10.1. The molecule has 176 valence electrons. The fraction of sp³-hybridized carbons (Fsp3) is 0.269. The van der Waals surface area contributed by atoms with E-state index in [1.807, 2.05) is 41.1 Å². The SMILES string of the molecule is COc1cccc(C(=O)NCCCNC(=O)c2cc3c(C(C)C)nn(-c4ccccc4)c3s2)c1. The van der Waals surface area contributed by atoms with E-state index in [-0.39, 0.29) is 17.7 Å². The van der Waals surface area contributed by atoms with Crippen molar-refractivity contribution in [3.05, 3.63) is 76.8 Å². The third-order valence-electron chi connectivity index (χ3n) is 5.42. The molecule has 0 saturated heterocycles. The Hall–Kier alpha value is -3.65. The maximum absolute atomic E-state index is 12.8. The van der Waals surface area contributed by atoms with E-state index in [9.17, 15) is 9.59 Å². The second kappa shape index (κ2) is 10.5. The third-order valence-corrected chi connectivity index (χ3v) is 6.53. The lowest BCUT2D eigenvalue weighted by Gasteiger charge is -2.07. The first-order chi connectivity index (χ1) is 16.5. The summed E-state index contributed by atoms with van der Waals surface area (Å²) < 4.78 is 7.07. The highest BCUT2D eigenvalue weighted by Crippen LogP contribution is 2.33. The molecule has 0 aliphatic carbocycles. The Morgan fingerprint density at radius 1 is 1.00 bits per heavy atom. The Morgan fingerprint density at radius 3 is 2.44 bits per heavy atom. The van der Waals surface area contributed by atoms with Gasteiger partial charge >= 0.3 is 0 Å². The predicted octanol–water partition coefficient (Wildman–Crippen LogP) is 4.77. The van der Waals surface area contributed by atoms with Gasteiger partial charge in [-0.15, -0.1) is 11.3 Å². The molecule has 0 atom stereocenters. The van der Waals surface area contributed by atoms with Crippen LogP contribution in [0.1, 0.15) is 51.9 Å². The molecule has 0 fully saturated rings. The summed E-state index contributed by atoms with van der Waals surface area (Å²) in [5.41, 5.74) is 2.50. The van der Waals surface area contributed by atoms with Crippen molar-refractivity contribution in [1.82, 2.24) is 20.4 Å². The molecule has 0 bridgehead atoms. The van der Waals surface area contributed by atoms with Gasteiger partial charge in [-0.05, 0) is 48.7 Å². The number of para-hydroxylation sites is 1. The summed E-state index contributed by atoms with van der Waals surface area (Å²) in [7, 11) is 1.57. The van der Waals surface area contributed by atoms with Crippen molar-refractivity contribution in [2.75, 3.05) is 20.2 Å². The average molecular weight is 477 g/mol. The molecule has 0 unspecified atom stereocenters. The number of nitrogens with zero attached hydrogens (tertiary/aromatic N) is 2. The van der Waals surface area contributed by atoms with Gasteiger partial charge in [-0.25, -0.2) is 4.68 Å². The lowest BCUT2D eigenvalue weighted by molar-refractivity contribution is 0.0952. The van der Waals surface area contributed by atoms with Crippen LogP contribution in [0.25, 0.3) is 15.9 Å². The van der Waals surface area contributed by atoms with Gasteiger partial charge in [0, 0.05) is 24.0 Å². The first kappa shape index (κ1) is 23.5. The zero-order valence-electron chi connectivity index (χ0n) is 19.5. The zero-order chi connectivity index (χ0) is 24.1. The smallest absolute Gasteiger partial charge is 0.261 e. The molecule has 8 heteroatoms. The number of carbonyl (C=O) groups is 2. The first-order valence-corrected chi connectivity index (χ1v) is 12.1. The van der Waals surface area contributed by atoms with E-state index in [4.69, 9.17) is 9.84 Å². The number of nitrogens with one attached hydrogen (secondary N) is 2. The summed E-state index contributed by atoms with van der Waals surface area (Å²) in [6.45, 7) is 5.14. The van der Waals surface area contributed by atoms with Gasteiger partial charge < -0.3 is 15.4 Å². The van der Waals surface area contributed by atoms with Gasteiger partial charge in [0.05, 0.1) is 23.4 Å². The standard InChI is InChI=1S/C26H28N4O3S/c1-17(2)23-21-16-22(34-26(21)30(29-23)19-10-5-4-6-11-19)25(32)28-14-8-13-27-24(31)18-9-7-12-20(15-18)33-3/h4-7,9-12,15-17H,8,13-14H2,1-3H3,(H,27,31)(H,28,32). The minimum absolute atomic E-state index is 0.116. The number of aromatic nitrogens is 2. The predicted molar refractivity (Wildman–Crippen MR) is 135 cm³/mol. The van der Waals surface area contributed by atoms with Crippen LogP contribution in [0.4, 0.5) is 0 Å². The molecule has 4 aromatic rings. The Morgan fingerprint density at radius 2 is 1.74 bits per heavy atom. The molecule has 7 nitrogen and oxygen atoms in total. The van der Waals surface area contributed by atoms with Gasteiger partial charge in [0.25, 0.3) is 11.8 Å². The summed E-state index contributed by atoms with van der Waals surface area (Å²) in [6.07, 6.45) is 0.626. The van der Waals surface area contributed by atoms with Gasteiger partial charge in [-0.2, -0.15) is 5.10 Å². The monoisotopic (exact) mass is 476 g/mol. The van der Waals surface area contributed by atoms with Crippen LogP contribution in [0.15, 0.2) is 60.7 Å². The summed E-state index contributed by atoms with van der Waals surface area (Å²) in [5.74, 6) is 0.599. The molecule has 0 radical (unpaired) electrons. The number of amides is 2. The Kier molecular flexibility index (Phi) is 7.27. The van der Waals surface area contributed by atoms with Crippen molar-refractivity contribution >= 4 is 33.4 Å². The van der Waals surface area contributed by atoms with E-state index in [1.165, 1.54) is 11.3 Å². The maximum Gasteiger partial charge on any atom is 0.261 e. The highest BCUT2D eigenvalue weighted by Gasteiger charge is 2.20.